The van der Waals surface area contributed by atoms with Crippen molar-refractivity contribution in [1.82, 2.24) is 15.5 Å². The van der Waals surface area contributed by atoms with Crippen LogP contribution in [0.2, 0.25) is 0 Å². The van der Waals surface area contributed by atoms with Gasteiger partial charge in [0.15, 0.2) is 5.96 Å². The lowest BCUT2D eigenvalue weighted by Gasteiger charge is -2.41. The molecule has 146 valence electrons. The average Bonchev–Trinajstić information content (AvgIpc) is 2.66. The Morgan fingerprint density at radius 3 is 2.65 bits per heavy atom. The quantitative estimate of drug-likeness (QED) is 0.575. The van der Waals surface area contributed by atoms with Crippen molar-refractivity contribution < 1.29 is 9.47 Å². The second-order valence-corrected chi connectivity index (χ2v) is 7.26. The number of morpholine rings is 1. The molecule has 1 aromatic rings. The molecule has 0 aromatic heterocycles. The first kappa shape index (κ1) is 20.5. The molecule has 1 aliphatic rings. The van der Waals surface area contributed by atoms with E-state index in [4.69, 9.17) is 14.5 Å². The summed E-state index contributed by atoms with van der Waals surface area (Å²) in [4.78, 5) is 7.20. The Kier molecular flexibility index (Phi) is 7.72. The maximum atomic E-state index is 5.47. The monoisotopic (exact) mass is 362 g/mol. The highest BCUT2D eigenvalue weighted by atomic mass is 16.5. The second kappa shape index (κ2) is 9.78. The number of methoxy groups -OCH3 is 1. The first-order valence-electron chi connectivity index (χ1n) is 9.44. The molecule has 0 atom stereocenters. The summed E-state index contributed by atoms with van der Waals surface area (Å²) in [6.07, 6.45) is 0. The molecule has 0 saturated carbocycles. The molecule has 6 heteroatoms. The van der Waals surface area contributed by atoms with E-state index in [0.29, 0.717) is 6.54 Å². The molecule has 6 nitrogen and oxygen atoms in total. The Balaban J connectivity index is 1.97. The zero-order valence-corrected chi connectivity index (χ0v) is 16.9. The van der Waals surface area contributed by atoms with Crippen LogP contribution in [0, 0.1) is 6.92 Å². The highest BCUT2D eigenvalue weighted by molar-refractivity contribution is 5.79. The number of hydrogen-bond donors (Lipinski definition) is 2. The maximum Gasteiger partial charge on any atom is 0.191 e. The minimum atomic E-state index is 0.0487. The number of rotatable bonds is 7. The van der Waals surface area contributed by atoms with Crippen molar-refractivity contribution >= 4 is 5.96 Å². The van der Waals surface area contributed by atoms with Gasteiger partial charge in [-0.1, -0.05) is 12.1 Å². The van der Waals surface area contributed by atoms with Gasteiger partial charge in [0.2, 0.25) is 0 Å². The van der Waals surface area contributed by atoms with Crippen molar-refractivity contribution in [1.29, 1.82) is 0 Å². The van der Waals surface area contributed by atoms with Crippen molar-refractivity contribution in [2.75, 3.05) is 46.5 Å². The van der Waals surface area contributed by atoms with Gasteiger partial charge in [0.1, 0.15) is 5.75 Å². The van der Waals surface area contributed by atoms with Crippen LogP contribution >= 0.6 is 0 Å². The molecular formula is C20H34N4O2. The fourth-order valence-electron chi connectivity index (χ4n) is 3.06. The van der Waals surface area contributed by atoms with Gasteiger partial charge in [-0.15, -0.1) is 0 Å². The molecule has 1 fully saturated rings. The van der Waals surface area contributed by atoms with Crippen LogP contribution in [0.1, 0.15) is 31.9 Å². The van der Waals surface area contributed by atoms with Crippen molar-refractivity contribution in [3.05, 3.63) is 29.3 Å². The molecule has 1 heterocycles. The predicted molar refractivity (Wildman–Crippen MR) is 107 cm³/mol. The van der Waals surface area contributed by atoms with E-state index < -0.39 is 0 Å². The Hall–Kier alpha value is -1.79. The van der Waals surface area contributed by atoms with Crippen molar-refractivity contribution in [2.24, 2.45) is 4.99 Å². The lowest BCUT2D eigenvalue weighted by molar-refractivity contribution is -0.00834. The number of nitrogens with one attached hydrogen (secondary N) is 2. The van der Waals surface area contributed by atoms with Crippen molar-refractivity contribution in [2.45, 2.75) is 39.8 Å². The molecule has 0 aliphatic carbocycles. The molecule has 0 radical (unpaired) electrons. The van der Waals surface area contributed by atoms with Crippen LogP contribution in [-0.4, -0.2) is 62.9 Å². The molecule has 0 bridgehead atoms. The lowest BCUT2D eigenvalue weighted by Crippen LogP contribution is -2.56. The highest BCUT2D eigenvalue weighted by Crippen LogP contribution is 2.19. The number of aliphatic imine (C=N–C) groups is 1. The van der Waals surface area contributed by atoms with Gasteiger partial charge in [-0.25, -0.2) is 4.99 Å². The summed E-state index contributed by atoms with van der Waals surface area (Å²) in [5.41, 5.74) is 2.32. The van der Waals surface area contributed by atoms with Gasteiger partial charge in [0.25, 0.3) is 0 Å². The van der Waals surface area contributed by atoms with Crippen molar-refractivity contribution in [3.8, 4) is 5.75 Å². The topological polar surface area (TPSA) is 58.1 Å². The fourth-order valence-corrected chi connectivity index (χ4v) is 3.06. The number of aryl methyl sites for hydroxylation is 1. The van der Waals surface area contributed by atoms with Crippen LogP contribution in [0.4, 0.5) is 0 Å². The van der Waals surface area contributed by atoms with E-state index in [1.54, 1.807) is 7.11 Å². The molecule has 1 aromatic carbocycles. The van der Waals surface area contributed by atoms with Gasteiger partial charge in [-0.05, 0) is 44.9 Å². The standard InChI is InChI=1S/C20H34N4O2/c1-6-21-19(22-14-17-8-7-16(2)18(13-17)25-5)23-15-20(3,4)24-9-11-26-12-10-24/h7-8,13H,6,9-12,14-15H2,1-5H3,(H2,21,22,23). The van der Waals surface area contributed by atoms with Gasteiger partial charge in [0.05, 0.1) is 26.9 Å². The molecule has 26 heavy (non-hydrogen) atoms. The molecule has 2 rings (SSSR count). The molecule has 0 spiro atoms. The summed E-state index contributed by atoms with van der Waals surface area (Å²) >= 11 is 0. The van der Waals surface area contributed by atoms with Gasteiger partial charge in [-0.2, -0.15) is 0 Å². The number of guanidine groups is 1. The molecular weight excluding hydrogens is 328 g/mol. The van der Waals surface area contributed by atoms with Crippen LogP contribution < -0.4 is 15.4 Å². The van der Waals surface area contributed by atoms with E-state index in [0.717, 1.165) is 62.2 Å². The van der Waals surface area contributed by atoms with E-state index in [9.17, 15) is 0 Å². The molecule has 0 amide bonds. The van der Waals surface area contributed by atoms with E-state index >= 15 is 0 Å². The lowest BCUT2D eigenvalue weighted by atomic mass is 10.0. The SMILES string of the molecule is CCNC(=NCc1ccc(C)c(OC)c1)NCC(C)(C)N1CCOCC1. The zero-order valence-electron chi connectivity index (χ0n) is 16.9. The van der Waals surface area contributed by atoms with E-state index in [1.807, 2.05) is 6.92 Å². The van der Waals surface area contributed by atoms with Crippen LogP contribution in [-0.2, 0) is 11.3 Å². The summed E-state index contributed by atoms with van der Waals surface area (Å²) < 4.78 is 10.9. The summed E-state index contributed by atoms with van der Waals surface area (Å²) in [6.45, 7) is 14.5. The van der Waals surface area contributed by atoms with Crippen LogP contribution in [0.25, 0.3) is 0 Å². The second-order valence-electron chi connectivity index (χ2n) is 7.26. The third-order valence-electron chi connectivity index (χ3n) is 4.79. The zero-order chi connectivity index (χ0) is 19.0. The minimum absolute atomic E-state index is 0.0487. The largest absolute Gasteiger partial charge is 0.496 e. The van der Waals surface area contributed by atoms with Gasteiger partial charge in [0, 0.05) is 31.7 Å². The first-order valence-corrected chi connectivity index (χ1v) is 9.44. The van der Waals surface area contributed by atoms with Crippen LogP contribution in [0.3, 0.4) is 0 Å². The maximum absolute atomic E-state index is 5.47. The molecule has 0 unspecified atom stereocenters. The van der Waals surface area contributed by atoms with Crippen molar-refractivity contribution in [3.63, 3.8) is 0 Å². The Bertz CT molecular complexity index is 595. The third kappa shape index (κ3) is 5.88. The third-order valence-corrected chi connectivity index (χ3v) is 4.79. The summed E-state index contributed by atoms with van der Waals surface area (Å²) in [7, 11) is 1.70. The normalized spacial score (nSPS) is 16.4. The van der Waals surface area contributed by atoms with E-state index in [-0.39, 0.29) is 5.54 Å². The van der Waals surface area contributed by atoms with Gasteiger partial charge in [-0.3, -0.25) is 4.90 Å². The van der Waals surface area contributed by atoms with Crippen LogP contribution in [0.5, 0.6) is 5.75 Å². The van der Waals surface area contributed by atoms with Gasteiger partial charge >= 0.3 is 0 Å². The first-order chi connectivity index (χ1) is 12.5. The number of hydrogen-bond acceptors (Lipinski definition) is 4. The van der Waals surface area contributed by atoms with E-state index in [2.05, 4.69) is 54.5 Å². The van der Waals surface area contributed by atoms with Gasteiger partial charge < -0.3 is 20.1 Å². The molecule has 1 aliphatic heterocycles. The summed E-state index contributed by atoms with van der Waals surface area (Å²) in [5, 5.41) is 6.83. The number of ether oxygens (including phenoxy) is 2. The Morgan fingerprint density at radius 1 is 1.27 bits per heavy atom. The molecule has 2 N–H and O–H groups in total. The summed E-state index contributed by atoms with van der Waals surface area (Å²) in [6, 6.07) is 6.23. The van der Waals surface area contributed by atoms with E-state index in [1.165, 1.54) is 0 Å². The Labute approximate surface area is 158 Å². The number of benzene rings is 1. The average molecular weight is 363 g/mol. The molecule has 1 saturated heterocycles. The predicted octanol–water partition coefficient (Wildman–Crippen LogP) is 2.17. The fraction of sp³-hybridized carbons (Fsp3) is 0.650. The smallest absolute Gasteiger partial charge is 0.191 e. The van der Waals surface area contributed by atoms with Crippen LogP contribution in [0.15, 0.2) is 23.2 Å². The number of nitrogens with zero attached hydrogens (tertiary/aromatic N) is 2. The minimum Gasteiger partial charge on any atom is -0.496 e. The Morgan fingerprint density at radius 2 is 2.00 bits per heavy atom. The highest BCUT2D eigenvalue weighted by Gasteiger charge is 2.28. The summed E-state index contributed by atoms with van der Waals surface area (Å²) in [5.74, 6) is 1.75.